The van der Waals surface area contributed by atoms with Gasteiger partial charge in [-0.3, -0.25) is 10.4 Å². The molecule has 0 aromatic heterocycles. The summed E-state index contributed by atoms with van der Waals surface area (Å²) in [5.74, 6) is 1.01. The van der Waals surface area contributed by atoms with Crippen LogP contribution in [0.4, 0.5) is 5.69 Å². The number of anilines is 1. The number of allylic oxidation sites excluding steroid dienone is 2. The van der Waals surface area contributed by atoms with Gasteiger partial charge in [-0.1, -0.05) is 38.5 Å². The minimum absolute atomic E-state index is 0.00278. The number of amidine groups is 1. The van der Waals surface area contributed by atoms with Crippen molar-refractivity contribution in [3.63, 3.8) is 0 Å². The quantitative estimate of drug-likeness (QED) is 0.666. The fraction of sp³-hybridized carbons (Fsp3) is 0.474. The lowest BCUT2D eigenvalue weighted by Gasteiger charge is -2.23. The number of nitrogens with zero attached hydrogens (tertiary/aromatic N) is 3. The van der Waals surface area contributed by atoms with Crippen LogP contribution in [0, 0.1) is 0 Å². The molecule has 0 aliphatic carbocycles. The summed E-state index contributed by atoms with van der Waals surface area (Å²) in [5, 5.41) is 4.35. The smallest absolute Gasteiger partial charge is 0.117 e. The molecule has 122 valence electrons. The van der Waals surface area contributed by atoms with E-state index in [1.165, 1.54) is 36.2 Å². The van der Waals surface area contributed by atoms with Crippen LogP contribution < -0.4 is 10.3 Å². The number of para-hydroxylation sites is 1. The predicted molar refractivity (Wildman–Crippen MR) is 98.4 cm³/mol. The van der Waals surface area contributed by atoms with Crippen molar-refractivity contribution in [2.24, 2.45) is 10.1 Å². The molecule has 2 heterocycles. The van der Waals surface area contributed by atoms with E-state index in [4.69, 9.17) is 0 Å². The van der Waals surface area contributed by atoms with Crippen LogP contribution in [-0.2, 0) is 5.41 Å². The van der Waals surface area contributed by atoms with Gasteiger partial charge in [0.05, 0.1) is 0 Å². The van der Waals surface area contributed by atoms with Crippen molar-refractivity contribution in [3.05, 3.63) is 41.6 Å². The second-order valence-electron chi connectivity index (χ2n) is 6.78. The number of hydrogen-bond donors (Lipinski definition) is 1. The molecule has 2 aliphatic heterocycles. The van der Waals surface area contributed by atoms with Crippen molar-refractivity contribution in [2.75, 3.05) is 18.5 Å². The molecule has 1 aromatic carbocycles. The van der Waals surface area contributed by atoms with Gasteiger partial charge in [0.2, 0.25) is 0 Å². The van der Waals surface area contributed by atoms with E-state index in [1.54, 1.807) is 0 Å². The van der Waals surface area contributed by atoms with Crippen molar-refractivity contribution < 1.29 is 0 Å². The molecule has 0 saturated carbocycles. The minimum Gasteiger partial charge on any atom is -0.347 e. The minimum atomic E-state index is -0.00278. The van der Waals surface area contributed by atoms with Gasteiger partial charge in [-0.05, 0) is 30.5 Å². The first-order chi connectivity index (χ1) is 11.1. The first kappa shape index (κ1) is 15.8. The van der Waals surface area contributed by atoms with Gasteiger partial charge in [-0.2, -0.15) is 5.10 Å². The fourth-order valence-corrected chi connectivity index (χ4v) is 3.49. The van der Waals surface area contributed by atoms with E-state index in [0.717, 1.165) is 18.8 Å². The zero-order valence-corrected chi connectivity index (χ0v) is 14.3. The maximum Gasteiger partial charge on any atom is 0.117 e. The van der Waals surface area contributed by atoms with Crippen molar-refractivity contribution >= 4 is 17.7 Å². The molecule has 0 atom stereocenters. The van der Waals surface area contributed by atoms with Gasteiger partial charge in [-0.25, -0.2) is 0 Å². The maximum absolute atomic E-state index is 4.53. The van der Waals surface area contributed by atoms with Gasteiger partial charge < -0.3 is 4.90 Å². The Labute approximate surface area is 139 Å². The number of benzene rings is 1. The zero-order valence-electron chi connectivity index (χ0n) is 14.3. The molecule has 0 spiro atoms. The monoisotopic (exact) mass is 310 g/mol. The van der Waals surface area contributed by atoms with Crippen molar-refractivity contribution in [1.29, 1.82) is 0 Å². The number of likely N-dealkylation sites (N-methyl/N-ethyl adjacent to an activating group) is 1. The highest BCUT2D eigenvalue weighted by Gasteiger charge is 2.37. The molecule has 0 radical (unpaired) electrons. The molecule has 0 unspecified atom stereocenters. The summed E-state index contributed by atoms with van der Waals surface area (Å²) >= 11 is 0. The molecule has 1 aromatic rings. The van der Waals surface area contributed by atoms with Crippen LogP contribution in [0.2, 0.25) is 0 Å². The van der Waals surface area contributed by atoms with Crippen molar-refractivity contribution in [2.45, 2.75) is 44.9 Å². The molecule has 4 heteroatoms. The van der Waals surface area contributed by atoms with E-state index in [2.05, 4.69) is 71.7 Å². The van der Waals surface area contributed by atoms with Crippen LogP contribution >= 0.6 is 0 Å². The topological polar surface area (TPSA) is 40.0 Å². The van der Waals surface area contributed by atoms with Gasteiger partial charge in [0.25, 0.3) is 0 Å². The average Bonchev–Trinajstić information content (AvgIpc) is 2.74. The molecule has 3 rings (SSSR count). The van der Waals surface area contributed by atoms with E-state index < -0.39 is 0 Å². The third-order valence-electron chi connectivity index (χ3n) is 4.82. The molecule has 1 N–H and O–H groups in total. The normalized spacial score (nSPS) is 22.1. The molecule has 0 fully saturated rings. The Morgan fingerprint density at radius 1 is 1.22 bits per heavy atom. The molecule has 4 nitrogen and oxygen atoms in total. The van der Waals surface area contributed by atoms with Crippen LogP contribution in [0.5, 0.6) is 0 Å². The Morgan fingerprint density at radius 2 is 2.04 bits per heavy atom. The highest BCUT2D eigenvalue weighted by Crippen LogP contribution is 2.46. The average molecular weight is 310 g/mol. The van der Waals surface area contributed by atoms with E-state index in [-0.39, 0.29) is 5.41 Å². The second kappa shape index (κ2) is 6.57. The van der Waals surface area contributed by atoms with E-state index in [1.807, 2.05) is 6.21 Å². The molecule has 23 heavy (non-hydrogen) atoms. The Balaban J connectivity index is 1.73. The van der Waals surface area contributed by atoms with Gasteiger partial charge in [0.15, 0.2) is 0 Å². The van der Waals surface area contributed by atoms with Crippen molar-refractivity contribution in [3.8, 4) is 0 Å². The van der Waals surface area contributed by atoms with Gasteiger partial charge in [0, 0.05) is 43.0 Å². The van der Waals surface area contributed by atoms with E-state index in [9.17, 15) is 0 Å². The summed E-state index contributed by atoms with van der Waals surface area (Å²) < 4.78 is 0. The Morgan fingerprint density at radius 3 is 2.87 bits per heavy atom. The molecule has 0 amide bonds. The number of aliphatic imine (C=N–C) groups is 1. The first-order valence-corrected chi connectivity index (χ1v) is 8.47. The third-order valence-corrected chi connectivity index (χ3v) is 4.82. The summed E-state index contributed by atoms with van der Waals surface area (Å²) in [5.41, 5.74) is 7.00. The van der Waals surface area contributed by atoms with Crippen LogP contribution in [0.3, 0.4) is 0 Å². The highest BCUT2D eigenvalue weighted by molar-refractivity contribution is 5.84. The Bertz CT molecular complexity index is 655. The number of fused-ring (bicyclic) bond motifs is 1. The second-order valence-corrected chi connectivity index (χ2v) is 6.78. The molecule has 0 saturated heterocycles. The summed E-state index contributed by atoms with van der Waals surface area (Å²) in [6.45, 7) is 5.44. The molecular weight excluding hydrogens is 284 g/mol. The molecule has 0 bridgehead atoms. The number of hydrazone groups is 1. The Hall–Kier alpha value is -2.10. The number of nitrogens with one attached hydrogen (secondary N) is 1. The lowest BCUT2D eigenvalue weighted by molar-refractivity contribution is 0.641. The standard InChI is InChI=1S/C19H26N4/c1-19(2)15-9-6-7-10-16(15)23(3)17(19)12-14-21-22-18-11-5-4-8-13-20-18/h6-7,9-10,12,14H,4-5,8,11,13H2,1-3H3,(H,20,22)/b17-12-,21-14+. The van der Waals surface area contributed by atoms with E-state index in [0.29, 0.717) is 0 Å². The summed E-state index contributed by atoms with van der Waals surface area (Å²) in [7, 11) is 2.12. The van der Waals surface area contributed by atoms with Crippen LogP contribution in [-0.4, -0.2) is 25.6 Å². The SMILES string of the molecule is CN1/C(=C\C=N\NC2=NCCCCC2)C(C)(C)c2ccccc21. The predicted octanol–water partition coefficient (Wildman–Crippen LogP) is 3.85. The lowest BCUT2D eigenvalue weighted by atomic mass is 9.84. The fourth-order valence-electron chi connectivity index (χ4n) is 3.49. The highest BCUT2D eigenvalue weighted by atomic mass is 15.3. The van der Waals surface area contributed by atoms with Gasteiger partial charge >= 0.3 is 0 Å². The Kier molecular flexibility index (Phi) is 4.51. The molecule has 2 aliphatic rings. The summed E-state index contributed by atoms with van der Waals surface area (Å²) in [6.07, 6.45) is 8.62. The third kappa shape index (κ3) is 3.16. The lowest BCUT2D eigenvalue weighted by Crippen LogP contribution is -2.23. The number of rotatable bonds is 2. The first-order valence-electron chi connectivity index (χ1n) is 8.47. The maximum atomic E-state index is 4.53. The molecular formula is C19H26N4. The summed E-state index contributed by atoms with van der Waals surface area (Å²) in [4.78, 5) is 6.78. The van der Waals surface area contributed by atoms with Crippen LogP contribution in [0.25, 0.3) is 0 Å². The number of hydrogen-bond acceptors (Lipinski definition) is 4. The van der Waals surface area contributed by atoms with Gasteiger partial charge in [0.1, 0.15) is 5.84 Å². The zero-order chi connectivity index (χ0) is 16.3. The largest absolute Gasteiger partial charge is 0.347 e. The van der Waals surface area contributed by atoms with Crippen molar-refractivity contribution in [1.82, 2.24) is 5.43 Å². The van der Waals surface area contributed by atoms with Crippen LogP contribution in [0.1, 0.15) is 45.1 Å². The van der Waals surface area contributed by atoms with Gasteiger partial charge in [-0.15, -0.1) is 0 Å². The van der Waals surface area contributed by atoms with Crippen LogP contribution in [0.15, 0.2) is 46.1 Å². The van der Waals surface area contributed by atoms with E-state index >= 15 is 0 Å². The summed E-state index contributed by atoms with van der Waals surface area (Å²) in [6, 6.07) is 8.58.